The van der Waals surface area contributed by atoms with Crippen molar-refractivity contribution in [1.82, 2.24) is 10.6 Å². The van der Waals surface area contributed by atoms with Crippen LogP contribution in [0.5, 0.6) is 0 Å². The molecule has 1 aromatic rings. The molecule has 2 fully saturated rings. The lowest BCUT2D eigenvalue weighted by Gasteiger charge is -2.12. The zero-order chi connectivity index (χ0) is 18.4. The normalized spacial score (nSPS) is 24.4. The number of ether oxygens (including phenoxy) is 2. The minimum atomic E-state index is -0.234. The van der Waals surface area contributed by atoms with Gasteiger partial charge in [-0.2, -0.15) is 0 Å². The van der Waals surface area contributed by atoms with Crippen molar-refractivity contribution in [2.24, 2.45) is 4.99 Å². The zero-order valence-corrected chi connectivity index (χ0v) is 18.6. The quantitative estimate of drug-likeness (QED) is 0.242. The van der Waals surface area contributed by atoms with Gasteiger partial charge in [0.1, 0.15) is 5.82 Å². The number of nitrogens with zero attached hydrogens (tertiary/aromatic N) is 1. The first-order valence-corrected chi connectivity index (χ1v) is 9.75. The summed E-state index contributed by atoms with van der Waals surface area (Å²) in [5.74, 6) is 0.622. The molecule has 1 saturated heterocycles. The van der Waals surface area contributed by atoms with E-state index in [1.807, 2.05) is 6.92 Å². The SMILES string of the molecule is CCNC(=NCCCOC1CCOC1)NC1CC1c1c(F)cccc1Cl.I. The van der Waals surface area contributed by atoms with Crippen molar-refractivity contribution in [3.05, 3.63) is 34.6 Å². The van der Waals surface area contributed by atoms with Gasteiger partial charge in [0.25, 0.3) is 0 Å². The van der Waals surface area contributed by atoms with Gasteiger partial charge in [-0.1, -0.05) is 17.7 Å². The van der Waals surface area contributed by atoms with E-state index in [1.165, 1.54) is 6.07 Å². The van der Waals surface area contributed by atoms with E-state index >= 15 is 0 Å². The van der Waals surface area contributed by atoms with Gasteiger partial charge in [0.15, 0.2) is 5.96 Å². The smallest absolute Gasteiger partial charge is 0.191 e. The summed E-state index contributed by atoms with van der Waals surface area (Å²) in [7, 11) is 0. The van der Waals surface area contributed by atoms with Crippen LogP contribution in [0.25, 0.3) is 0 Å². The lowest BCUT2D eigenvalue weighted by Crippen LogP contribution is -2.39. The van der Waals surface area contributed by atoms with Gasteiger partial charge in [-0.15, -0.1) is 24.0 Å². The summed E-state index contributed by atoms with van der Waals surface area (Å²) in [6, 6.07) is 5.00. The van der Waals surface area contributed by atoms with Crippen molar-refractivity contribution in [3.8, 4) is 0 Å². The molecule has 2 aliphatic rings. The van der Waals surface area contributed by atoms with Gasteiger partial charge >= 0.3 is 0 Å². The van der Waals surface area contributed by atoms with E-state index in [9.17, 15) is 4.39 Å². The van der Waals surface area contributed by atoms with Gasteiger partial charge in [-0.05, 0) is 38.3 Å². The highest BCUT2D eigenvalue weighted by molar-refractivity contribution is 14.0. The number of aliphatic imine (C=N–C) groups is 1. The molecule has 0 radical (unpaired) electrons. The Morgan fingerprint density at radius 1 is 1.44 bits per heavy atom. The zero-order valence-electron chi connectivity index (χ0n) is 15.5. The maximum Gasteiger partial charge on any atom is 0.191 e. The Labute approximate surface area is 182 Å². The Balaban J connectivity index is 0.00000261. The van der Waals surface area contributed by atoms with Gasteiger partial charge in [0.05, 0.1) is 12.7 Å². The van der Waals surface area contributed by atoms with E-state index in [4.69, 9.17) is 21.1 Å². The summed E-state index contributed by atoms with van der Waals surface area (Å²) in [6.07, 6.45) is 2.94. The molecule has 2 N–H and O–H groups in total. The van der Waals surface area contributed by atoms with Crippen molar-refractivity contribution < 1.29 is 13.9 Å². The van der Waals surface area contributed by atoms with E-state index in [-0.39, 0.29) is 47.9 Å². The number of halogens is 3. The standard InChI is InChI=1S/C19H27ClFN3O2.HI/c1-2-22-19(23-8-4-9-26-13-7-10-25-12-13)24-17-11-14(17)18-15(20)5-3-6-16(18)21;/h3,5-6,13-14,17H,2,4,7-12H2,1H3,(H2,22,23,24);1H. The van der Waals surface area contributed by atoms with Crippen LogP contribution in [0.3, 0.4) is 0 Å². The van der Waals surface area contributed by atoms with E-state index in [1.54, 1.807) is 12.1 Å². The number of hydrogen-bond acceptors (Lipinski definition) is 3. The van der Waals surface area contributed by atoms with Crippen LogP contribution >= 0.6 is 35.6 Å². The second kappa shape index (κ2) is 11.4. The van der Waals surface area contributed by atoms with Crippen LogP contribution in [-0.4, -0.2) is 51.0 Å². The average molecular weight is 512 g/mol. The highest BCUT2D eigenvalue weighted by atomic mass is 127. The van der Waals surface area contributed by atoms with Crippen LogP contribution in [0.15, 0.2) is 23.2 Å². The van der Waals surface area contributed by atoms with E-state index < -0.39 is 0 Å². The monoisotopic (exact) mass is 511 g/mol. The first kappa shape index (κ1) is 22.6. The Hall–Kier alpha value is -0.640. The summed E-state index contributed by atoms with van der Waals surface area (Å²) < 4.78 is 25.1. The molecule has 1 aromatic carbocycles. The fourth-order valence-corrected chi connectivity index (χ4v) is 3.49. The maximum atomic E-state index is 14.0. The first-order valence-electron chi connectivity index (χ1n) is 9.37. The molecule has 1 aliphatic heterocycles. The third kappa shape index (κ3) is 6.73. The van der Waals surface area contributed by atoms with Crippen LogP contribution in [0, 0.1) is 5.82 Å². The molecule has 0 aromatic heterocycles. The van der Waals surface area contributed by atoms with Crippen LogP contribution in [0.2, 0.25) is 5.02 Å². The number of hydrogen-bond donors (Lipinski definition) is 2. The summed E-state index contributed by atoms with van der Waals surface area (Å²) in [4.78, 5) is 4.59. The second-order valence-electron chi connectivity index (χ2n) is 6.70. The highest BCUT2D eigenvalue weighted by Gasteiger charge is 2.41. The van der Waals surface area contributed by atoms with Crippen LogP contribution in [-0.2, 0) is 9.47 Å². The van der Waals surface area contributed by atoms with E-state index in [0.717, 1.165) is 38.4 Å². The maximum absolute atomic E-state index is 14.0. The van der Waals surface area contributed by atoms with Gasteiger partial charge in [0.2, 0.25) is 0 Å². The summed E-state index contributed by atoms with van der Waals surface area (Å²) in [5, 5.41) is 7.11. The van der Waals surface area contributed by atoms with E-state index in [0.29, 0.717) is 30.3 Å². The Bertz CT molecular complexity index is 609. The molecule has 3 rings (SSSR count). The van der Waals surface area contributed by atoms with Crippen molar-refractivity contribution in [2.75, 3.05) is 32.9 Å². The van der Waals surface area contributed by atoms with Crippen LogP contribution in [0.1, 0.15) is 37.7 Å². The molecule has 1 saturated carbocycles. The minimum absolute atomic E-state index is 0. The van der Waals surface area contributed by atoms with Gasteiger partial charge in [-0.3, -0.25) is 4.99 Å². The topological polar surface area (TPSA) is 54.9 Å². The molecule has 1 aliphatic carbocycles. The molecular weight excluding hydrogens is 484 g/mol. The van der Waals surface area contributed by atoms with Gasteiger partial charge < -0.3 is 20.1 Å². The lowest BCUT2D eigenvalue weighted by molar-refractivity contribution is 0.0424. The summed E-state index contributed by atoms with van der Waals surface area (Å²) in [5.41, 5.74) is 0.606. The molecule has 0 bridgehead atoms. The van der Waals surface area contributed by atoms with Crippen LogP contribution in [0.4, 0.5) is 4.39 Å². The molecule has 5 nitrogen and oxygen atoms in total. The number of benzene rings is 1. The van der Waals surface area contributed by atoms with Crippen molar-refractivity contribution in [3.63, 3.8) is 0 Å². The molecule has 1 heterocycles. The second-order valence-corrected chi connectivity index (χ2v) is 7.11. The molecule has 3 unspecified atom stereocenters. The highest BCUT2D eigenvalue weighted by Crippen LogP contribution is 2.44. The Morgan fingerprint density at radius 2 is 2.30 bits per heavy atom. The number of rotatable bonds is 8. The molecule has 3 atom stereocenters. The third-order valence-electron chi connectivity index (χ3n) is 4.64. The van der Waals surface area contributed by atoms with Crippen molar-refractivity contribution >= 4 is 41.5 Å². The minimum Gasteiger partial charge on any atom is -0.379 e. The summed E-state index contributed by atoms with van der Waals surface area (Å²) >= 11 is 6.16. The van der Waals surface area contributed by atoms with Crippen molar-refractivity contribution in [1.29, 1.82) is 0 Å². The van der Waals surface area contributed by atoms with E-state index in [2.05, 4.69) is 15.6 Å². The molecule has 27 heavy (non-hydrogen) atoms. The molecular formula is C19H28ClFIN3O2. The molecule has 152 valence electrons. The summed E-state index contributed by atoms with van der Waals surface area (Å²) in [6.45, 7) is 5.67. The van der Waals surface area contributed by atoms with Crippen molar-refractivity contribution in [2.45, 2.75) is 44.2 Å². The largest absolute Gasteiger partial charge is 0.379 e. The molecule has 0 spiro atoms. The van der Waals surface area contributed by atoms with Gasteiger partial charge in [-0.25, -0.2) is 4.39 Å². The Morgan fingerprint density at radius 3 is 3.00 bits per heavy atom. The molecule has 8 heteroatoms. The average Bonchev–Trinajstić information content (AvgIpc) is 3.15. The lowest BCUT2D eigenvalue weighted by atomic mass is 10.1. The number of guanidine groups is 1. The number of nitrogens with one attached hydrogen (secondary N) is 2. The molecule has 0 amide bonds. The predicted molar refractivity (Wildman–Crippen MR) is 117 cm³/mol. The predicted octanol–water partition coefficient (Wildman–Crippen LogP) is 3.70. The first-order chi connectivity index (χ1) is 12.7. The third-order valence-corrected chi connectivity index (χ3v) is 4.97. The fraction of sp³-hybridized carbons (Fsp3) is 0.632. The van der Waals surface area contributed by atoms with Crippen LogP contribution < -0.4 is 10.6 Å². The van der Waals surface area contributed by atoms with Gasteiger partial charge in [0, 0.05) is 48.8 Å². The Kier molecular flexibility index (Phi) is 9.55. The fourth-order valence-electron chi connectivity index (χ4n) is 3.18.